The fourth-order valence-corrected chi connectivity index (χ4v) is 7.21. The molecule has 5 aliphatic carbocycles. The topological polar surface area (TPSA) is 60.8 Å². The molecule has 3 fully saturated rings. The Bertz CT molecular complexity index is 882. The Morgan fingerprint density at radius 2 is 2.00 bits per heavy atom. The molecule has 1 aromatic rings. The molecule has 5 atom stereocenters. The van der Waals surface area contributed by atoms with Gasteiger partial charge >= 0.3 is 0 Å². The van der Waals surface area contributed by atoms with Crippen LogP contribution >= 0.6 is 0 Å². The summed E-state index contributed by atoms with van der Waals surface area (Å²) in [7, 11) is 2.28. The van der Waals surface area contributed by atoms with E-state index in [-0.39, 0.29) is 22.8 Å². The summed E-state index contributed by atoms with van der Waals surface area (Å²) in [5, 5.41) is 21.1. The Morgan fingerprint density at radius 3 is 2.71 bits per heavy atom. The second-order valence-electron chi connectivity index (χ2n) is 10.2. The Morgan fingerprint density at radius 1 is 1.21 bits per heavy atom. The number of fused-ring (bicyclic) bond motifs is 2. The minimum absolute atomic E-state index is 0.0299. The van der Waals surface area contributed by atoms with Gasteiger partial charge in [-0.3, -0.25) is 4.79 Å². The number of benzene rings is 1. The number of phenolic OH excluding ortho intramolecular Hbond substituents is 2. The number of phenols is 2. The molecule has 148 valence electrons. The summed E-state index contributed by atoms with van der Waals surface area (Å²) in [6.07, 6.45) is 10.4. The summed E-state index contributed by atoms with van der Waals surface area (Å²) in [5.41, 5.74) is 1.74. The summed E-state index contributed by atoms with van der Waals surface area (Å²) in [6, 6.07) is 4.07. The Hall–Kier alpha value is -1.81. The third-order valence-corrected chi connectivity index (χ3v) is 8.50. The predicted molar refractivity (Wildman–Crippen MR) is 106 cm³/mol. The molecular formula is C24H29NO3. The quantitative estimate of drug-likeness (QED) is 0.622. The lowest BCUT2D eigenvalue weighted by atomic mass is 9.58. The second-order valence-corrected chi connectivity index (χ2v) is 10.2. The molecule has 6 rings (SSSR count). The third kappa shape index (κ3) is 2.30. The van der Waals surface area contributed by atoms with Gasteiger partial charge in [0.25, 0.3) is 0 Å². The van der Waals surface area contributed by atoms with Crippen molar-refractivity contribution in [2.45, 2.75) is 50.0 Å². The van der Waals surface area contributed by atoms with Crippen molar-refractivity contribution in [3.05, 3.63) is 35.4 Å². The monoisotopic (exact) mass is 379 g/mol. The van der Waals surface area contributed by atoms with Crippen molar-refractivity contribution in [2.75, 3.05) is 13.6 Å². The van der Waals surface area contributed by atoms with Gasteiger partial charge < -0.3 is 15.1 Å². The van der Waals surface area contributed by atoms with E-state index in [2.05, 4.69) is 24.1 Å². The number of hydrogen-bond donors (Lipinski definition) is 2. The molecular weight excluding hydrogens is 350 g/mol. The normalized spacial score (nSPS) is 38.6. The van der Waals surface area contributed by atoms with Crippen molar-refractivity contribution >= 4 is 5.78 Å². The Labute approximate surface area is 166 Å². The average Bonchev–Trinajstić information content (AvgIpc) is 3.55. The van der Waals surface area contributed by atoms with Crippen LogP contribution in [0.3, 0.4) is 0 Å². The van der Waals surface area contributed by atoms with Crippen molar-refractivity contribution in [2.24, 2.45) is 29.6 Å². The van der Waals surface area contributed by atoms with E-state index in [0.717, 1.165) is 42.9 Å². The predicted octanol–water partition coefficient (Wildman–Crippen LogP) is 3.40. The zero-order valence-electron chi connectivity index (χ0n) is 16.5. The van der Waals surface area contributed by atoms with Crippen LogP contribution in [0.2, 0.25) is 0 Å². The number of allylic oxidation sites excluding steroid dienone is 2. The number of carbonyl (C=O) groups is 1. The molecule has 0 saturated heterocycles. The van der Waals surface area contributed by atoms with Crippen LogP contribution in [0.15, 0.2) is 24.3 Å². The van der Waals surface area contributed by atoms with Crippen LogP contribution in [0.4, 0.5) is 0 Å². The first-order chi connectivity index (χ1) is 13.5. The van der Waals surface area contributed by atoms with Gasteiger partial charge in [0.2, 0.25) is 0 Å². The average molecular weight is 380 g/mol. The lowest BCUT2D eigenvalue weighted by Gasteiger charge is -2.46. The number of ketones is 1. The highest BCUT2D eigenvalue weighted by Gasteiger charge is 2.63. The van der Waals surface area contributed by atoms with E-state index in [1.54, 1.807) is 6.07 Å². The fraction of sp³-hybridized carbons (Fsp3) is 0.625. The van der Waals surface area contributed by atoms with E-state index in [1.807, 2.05) is 6.07 Å². The van der Waals surface area contributed by atoms with E-state index < -0.39 is 0 Å². The maximum Gasteiger partial charge on any atom is 0.161 e. The van der Waals surface area contributed by atoms with Crippen LogP contribution in [-0.2, 0) is 16.6 Å². The number of Topliss-reactive ketones (excluding diaryl/α,β-unsaturated/α-hetero) is 1. The number of nitrogens with zero attached hydrogens (tertiary/aromatic N) is 1. The highest BCUT2D eigenvalue weighted by molar-refractivity contribution is 5.86. The molecule has 5 unspecified atom stereocenters. The van der Waals surface area contributed by atoms with Crippen LogP contribution in [-0.4, -0.2) is 40.5 Å². The van der Waals surface area contributed by atoms with Crippen molar-refractivity contribution in [1.82, 2.24) is 4.90 Å². The highest BCUT2D eigenvalue weighted by Crippen LogP contribution is 2.64. The molecule has 0 aliphatic heterocycles. The SMILES string of the molecule is CN(CC1CC1)C1C2Cc3ccc(O)c(O)c3C3(CC(=O)C(C4C=C4)CC13)C2. The standard InChI is InChI=1S/C24H29NO3/c1-25(12-13-2-3-13)22-16-8-15-6-7-19(26)23(28)21(15)24(10-16)11-20(27)17(9-18(22)24)14-4-5-14/h4-7,13-14,16-18,22,26,28H,2-3,8-12H2,1H3. The summed E-state index contributed by atoms with van der Waals surface area (Å²) >= 11 is 0. The van der Waals surface area contributed by atoms with Gasteiger partial charge in [-0.25, -0.2) is 0 Å². The van der Waals surface area contributed by atoms with Gasteiger partial charge in [0.05, 0.1) is 0 Å². The molecule has 28 heavy (non-hydrogen) atoms. The lowest BCUT2D eigenvalue weighted by molar-refractivity contribution is -0.129. The fourth-order valence-electron chi connectivity index (χ4n) is 7.21. The molecule has 3 saturated carbocycles. The Kier molecular flexibility index (Phi) is 3.43. The summed E-state index contributed by atoms with van der Waals surface area (Å²) < 4.78 is 0. The van der Waals surface area contributed by atoms with E-state index in [1.165, 1.54) is 12.8 Å². The summed E-state index contributed by atoms with van der Waals surface area (Å²) in [4.78, 5) is 15.8. The molecule has 0 heterocycles. The maximum atomic E-state index is 13.2. The molecule has 1 aromatic carbocycles. The van der Waals surface area contributed by atoms with E-state index in [9.17, 15) is 15.0 Å². The zero-order valence-corrected chi connectivity index (χ0v) is 16.5. The van der Waals surface area contributed by atoms with Crippen molar-refractivity contribution in [3.63, 3.8) is 0 Å². The van der Waals surface area contributed by atoms with Gasteiger partial charge in [0.1, 0.15) is 5.78 Å². The molecule has 1 spiro atoms. The maximum absolute atomic E-state index is 13.2. The van der Waals surface area contributed by atoms with Gasteiger partial charge in [-0.1, -0.05) is 18.2 Å². The number of hydrogen-bond acceptors (Lipinski definition) is 4. The number of carbonyl (C=O) groups excluding carboxylic acids is 1. The molecule has 2 bridgehead atoms. The first-order valence-electron chi connectivity index (χ1n) is 10.9. The van der Waals surface area contributed by atoms with Crippen molar-refractivity contribution < 1.29 is 15.0 Å². The molecule has 4 heteroatoms. The van der Waals surface area contributed by atoms with Crippen LogP contribution in [0.5, 0.6) is 11.5 Å². The highest BCUT2D eigenvalue weighted by atomic mass is 16.3. The first kappa shape index (κ1) is 17.1. The van der Waals surface area contributed by atoms with Crippen LogP contribution in [0.1, 0.15) is 43.2 Å². The number of rotatable bonds is 4. The van der Waals surface area contributed by atoms with E-state index in [0.29, 0.717) is 36.0 Å². The van der Waals surface area contributed by atoms with Crippen LogP contribution in [0, 0.1) is 29.6 Å². The molecule has 0 amide bonds. The number of aromatic hydroxyl groups is 2. The van der Waals surface area contributed by atoms with Gasteiger partial charge in [0, 0.05) is 41.8 Å². The van der Waals surface area contributed by atoms with Crippen molar-refractivity contribution in [3.8, 4) is 11.5 Å². The molecule has 4 nitrogen and oxygen atoms in total. The minimum atomic E-state index is -0.300. The van der Waals surface area contributed by atoms with Gasteiger partial charge in [-0.2, -0.15) is 0 Å². The molecule has 0 aromatic heterocycles. The van der Waals surface area contributed by atoms with Gasteiger partial charge in [-0.15, -0.1) is 0 Å². The first-order valence-corrected chi connectivity index (χ1v) is 10.9. The van der Waals surface area contributed by atoms with Gasteiger partial charge in [-0.05, 0) is 68.5 Å². The molecule has 0 radical (unpaired) electrons. The smallest absolute Gasteiger partial charge is 0.161 e. The van der Waals surface area contributed by atoms with E-state index in [4.69, 9.17) is 0 Å². The molecule has 5 aliphatic rings. The Balaban J connectivity index is 1.46. The van der Waals surface area contributed by atoms with Crippen LogP contribution < -0.4 is 0 Å². The molecule has 2 N–H and O–H groups in total. The lowest BCUT2D eigenvalue weighted by Crippen LogP contribution is -2.49. The largest absolute Gasteiger partial charge is 0.504 e. The summed E-state index contributed by atoms with van der Waals surface area (Å²) in [5.74, 6) is 2.56. The zero-order chi connectivity index (χ0) is 19.2. The van der Waals surface area contributed by atoms with E-state index >= 15 is 0 Å². The summed E-state index contributed by atoms with van der Waals surface area (Å²) in [6.45, 7) is 1.15. The third-order valence-electron chi connectivity index (χ3n) is 8.50. The second kappa shape index (κ2) is 5.63. The minimum Gasteiger partial charge on any atom is -0.504 e. The van der Waals surface area contributed by atoms with Gasteiger partial charge in [0.15, 0.2) is 11.5 Å². The van der Waals surface area contributed by atoms with Crippen molar-refractivity contribution in [1.29, 1.82) is 0 Å². The van der Waals surface area contributed by atoms with Crippen LogP contribution in [0.25, 0.3) is 0 Å².